The third-order valence-corrected chi connectivity index (χ3v) is 3.14. The molecule has 0 fully saturated rings. The lowest BCUT2D eigenvalue weighted by Gasteiger charge is -2.13. The van der Waals surface area contributed by atoms with Crippen LogP contribution in [0.5, 0.6) is 5.75 Å². The molecule has 0 spiro atoms. The van der Waals surface area contributed by atoms with Crippen LogP contribution in [0.1, 0.15) is 11.1 Å². The molecule has 0 saturated heterocycles. The van der Waals surface area contributed by atoms with Crippen molar-refractivity contribution >= 4 is 23.1 Å². The summed E-state index contributed by atoms with van der Waals surface area (Å²) < 4.78 is 5.07. The molecular formula is C16H19N3O2. The van der Waals surface area contributed by atoms with Gasteiger partial charge in [-0.15, -0.1) is 0 Å². The summed E-state index contributed by atoms with van der Waals surface area (Å²) in [6, 6.07) is 10.5. The van der Waals surface area contributed by atoms with E-state index in [4.69, 9.17) is 10.5 Å². The van der Waals surface area contributed by atoms with Gasteiger partial charge in [-0.3, -0.25) is 0 Å². The van der Waals surface area contributed by atoms with Crippen molar-refractivity contribution in [2.75, 3.05) is 23.5 Å². The standard InChI is InChI=1S/C16H19N3O2/c1-10-8-12(17)9-11(2)15(10)19-16(20)18-13-4-6-14(21-3)7-5-13/h4-9H,17H2,1-3H3,(H2,18,19,20). The number of methoxy groups -OCH3 is 1. The number of rotatable bonds is 3. The third kappa shape index (κ3) is 3.66. The molecule has 0 aliphatic rings. The molecule has 110 valence electrons. The lowest BCUT2D eigenvalue weighted by atomic mass is 10.1. The van der Waals surface area contributed by atoms with Gasteiger partial charge in [0.1, 0.15) is 5.75 Å². The normalized spacial score (nSPS) is 10.0. The van der Waals surface area contributed by atoms with E-state index in [2.05, 4.69) is 10.6 Å². The number of ether oxygens (including phenoxy) is 1. The Morgan fingerprint density at radius 1 is 1.05 bits per heavy atom. The van der Waals surface area contributed by atoms with Crippen LogP contribution in [0.15, 0.2) is 36.4 Å². The van der Waals surface area contributed by atoms with Crippen molar-refractivity contribution in [3.05, 3.63) is 47.5 Å². The van der Waals surface area contributed by atoms with Gasteiger partial charge in [-0.25, -0.2) is 4.79 Å². The minimum absolute atomic E-state index is 0.295. The Morgan fingerprint density at radius 2 is 1.62 bits per heavy atom. The van der Waals surface area contributed by atoms with E-state index in [9.17, 15) is 4.79 Å². The molecule has 0 radical (unpaired) electrons. The quantitative estimate of drug-likeness (QED) is 0.755. The largest absolute Gasteiger partial charge is 0.497 e. The highest BCUT2D eigenvalue weighted by molar-refractivity contribution is 6.00. The Bertz CT molecular complexity index is 628. The summed E-state index contributed by atoms with van der Waals surface area (Å²) in [7, 11) is 1.60. The summed E-state index contributed by atoms with van der Waals surface area (Å²) in [6.45, 7) is 3.82. The number of nitrogens with one attached hydrogen (secondary N) is 2. The maximum Gasteiger partial charge on any atom is 0.323 e. The number of aryl methyl sites for hydroxylation is 2. The van der Waals surface area contributed by atoms with Gasteiger partial charge in [0.25, 0.3) is 0 Å². The second kappa shape index (κ2) is 6.17. The summed E-state index contributed by atoms with van der Waals surface area (Å²) in [6.07, 6.45) is 0. The predicted octanol–water partition coefficient (Wildman–Crippen LogP) is 3.54. The summed E-state index contributed by atoms with van der Waals surface area (Å²) in [5.74, 6) is 0.742. The average molecular weight is 285 g/mol. The second-order valence-corrected chi connectivity index (χ2v) is 4.84. The molecule has 0 aliphatic carbocycles. The highest BCUT2D eigenvalue weighted by Gasteiger charge is 2.08. The third-order valence-electron chi connectivity index (χ3n) is 3.14. The predicted molar refractivity (Wildman–Crippen MR) is 86.0 cm³/mol. The van der Waals surface area contributed by atoms with E-state index in [1.54, 1.807) is 31.4 Å². The molecule has 0 aliphatic heterocycles. The van der Waals surface area contributed by atoms with Gasteiger partial charge in [0.15, 0.2) is 0 Å². The Balaban J connectivity index is 2.08. The first-order valence-corrected chi connectivity index (χ1v) is 6.58. The monoisotopic (exact) mass is 285 g/mol. The van der Waals surface area contributed by atoms with E-state index < -0.39 is 0 Å². The lowest BCUT2D eigenvalue weighted by Crippen LogP contribution is -2.20. The minimum atomic E-state index is -0.295. The highest BCUT2D eigenvalue weighted by Crippen LogP contribution is 2.23. The number of carbonyl (C=O) groups is 1. The zero-order valence-electron chi connectivity index (χ0n) is 12.4. The zero-order chi connectivity index (χ0) is 15.4. The molecule has 2 rings (SSSR count). The Kier molecular flexibility index (Phi) is 4.33. The molecule has 21 heavy (non-hydrogen) atoms. The van der Waals surface area contributed by atoms with Crippen LogP contribution in [-0.2, 0) is 0 Å². The van der Waals surface area contributed by atoms with Crippen LogP contribution >= 0.6 is 0 Å². The fourth-order valence-corrected chi connectivity index (χ4v) is 2.14. The summed E-state index contributed by atoms with van der Waals surface area (Å²) in [5.41, 5.74) is 9.78. The van der Waals surface area contributed by atoms with Crippen molar-refractivity contribution in [1.29, 1.82) is 0 Å². The Morgan fingerprint density at radius 3 is 2.14 bits per heavy atom. The summed E-state index contributed by atoms with van der Waals surface area (Å²) in [5, 5.41) is 5.62. The Hall–Kier alpha value is -2.69. The molecule has 0 aromatic heterocycles. The fourth-order valence-electron chi connectivity index (χ4n) is 2.14. The smallest absolute Gasteiger partial charge is 0.323 e. The van der Waals surface area contributed by atoms with Gasteiger partial charge < -0.3 is 21.1 Å². The first-order chi connectivity index (χ1) is 9.99. The van der Waals surface area contributed by atoms with Crippen molar-refractivity contribution in [2.24, 2.45) is 0 Å². The number of hydrogen-bond acceptors (Lipinski definition) is 3. The first kappa shape index (κ1) is 14.7. The maximum atomic E-state index is 12.0. The van der Waals surface area contributed by atoms with Crippen LogP contribution < -0.4 is 21.1 Å². The molecule has 0 unspecified atom stereocenters. The first-order valence-electron chi connectivity index (χ1n) is 6.58. The number of anilines is 3. The number of nitrogen functional groups attached to an aromatic ring is 1. The van der Waals surface area contributed by atoms with E-state index in [0.29, 0.717) is 11.4 Å². The Labute approximate surface area is 124 Å². The number of hydrogen-bond donors (Lipinski definition) is 3. The molecule has 2 aromatic rings. The summed E-state index contributed by atoms with van der Waals surface area (Å²) in [4.78, 5) is 12.0. The number of carbonyl (C=O) groups excluding carboxylic acids is 1. The van der Waals surface area contributed by atoms with E-state index in [1.807, 2.05) is 26.0 Å². The van der Waals surface area contributed by atoms with E-state index in [0.717, 1.165) is 22.6 Å². The molecular weight excluding hydrogens is 266 g/mol. The van der Waals surface area contributed by atoms with Gasteiger partial charge in [0, 0.05) is 17.1 Å². The molecule has 2 aromatic carbocycles. The van der Waals surface area contributed by atoms with E-state index in [-0.39, 0.29) is 6.03 Å². The van der Waals surface area contributed by atoms with Crippen molar-refractivity contribution in [1.82, 2.24) is 0 Å². The van der Waals surface area contributed by atoms with Crippen molar-refractivity contribution < 1.29 is 9.53 Å². The van der Waals surface area contributed by atoms with Gasteiger partial charge in [-0.1, -0.05) is 0 Å². The van der Waals surface area contributed by atoms with Crippen LogP contribution in [0.2, 0.25) is 0 Å². The van der Waals surface area contributed by atoms with Crippen molar-refractivity contribution in [3.63, 3.8) is 0 Å². The average Bonchev–Trinajstić information content (AvgIpc) is 2.43. The van der Waals surface area contributed by atoms with E-state index in [1.165, 1.54) is 0 Å². The highest BCUT2D eigenvalue weighted by atomic mass is 16.5. The van der Waals surface area contributed by atoms with Gasteiger partial charge in [-0.2, -0.15) is 0 Å². The molecule has 5 heteroatoms. The fraction of sp³-hybridized carbons (Fsp3) is 0.188. The molecule has 0 atom stereocenters. The van der Waals surface area contributed by atoms with Gasteiger partial charge in [-0.05, 0) is 61.4 Å². The molecule has 0 saturated carbocycles. The summed E-state index contributed by atoms with van der Waals surface area (Å²) >= 11 is 0. The van der Waals surface area contributed by atoms with Crippen LogP contribution in [0.3, 0.4) is 0 Å². The number of nitrogens with two attached hydrogens (primary N) is 1. The lowest BCUT2D eigenvalue weighted by molar-refractivity contribution is 0.262. The molecule has 4 N–H and O–H groups in total. The van der Waals surface area contributed by atoms with Crippen molar-refractivity contribution in [2.45, 2.75) is 13.8 Å². The zero-order valence-corrected chi connectivity index (χ0v) is 12.4. The SMILES string of the molecule is COc1ccc(NC(=O)Nc2c(C)cc(N)cc2C)cc1. The van der Waals surface area contributed by atoms with Crippen molar-refractivity contribution in [3.8, 4) is 5.75 Å². The van der Waals surface area contributed by atoms with Crippen LogP contribution in [0.4, 0.5) is 21.9 Å². The van der Waals surface area contributed by atoms with Gasteiger partial charge >= 0.3 is 6.03 Å². The molecule has 5 nitrogen and oxygen atoms in total. The molecule has 0 heterocycles. The molecule has 0 bridgehead atoms. The number of benzene rings is 2. The van der Waals surface area contributed by atoms with E-state index >= 15 is 0 Å². The number of amides is 2. The van der Waals surface area contributed by atoms with Gasteiger partial charge in [0.2, 0.25) is 0 Å². The van der Waals surface area contributed by atoms with Gasteiger partial charge in [0.05, 0.1) is 7.11 Å². The van der Waals surface area contributed by atoms with Crippen LogP contribution in [-0.4, -0.2) is 13.1 Å². The molecule has 2 amide bonds. The minimum Gasteiger partial charge on any atom is -0.497 e. The second-order valence-electron chi connectivity index (χ2n) is 4.84. The maximum absolute atomic E-state index is 12.0. The topological polar surface area (TPSA) is 76.4 Å². The van der Waals surface area contributed by atoms with Crippen LogP contribution in [0.25, 0.3) is 0 Å². The number of urea groups is 1. The van der Waals surface area contributed by atoms with Crippen LogP contribution in [0, 0.1) is 13.8 Å².